The molecule has 2 heteroatoms. The van der Waals surface area contributed by atoms with E-state index in [-0.39, 0.29) is 0 Å². The maximum atomic E-state index is 4.08. The Labute approximate surface area is 79.4 Å². The number of rotatable bonds is 5. The van der Waals surface area contributed by atoms with Gasteiger partial charge in [-0.05, 0) is 49.9 Å². The molecule has 0 radical (unpaired) electrons. The Balaban J connectivity index is 1.61. The van der Waals surface area contributed by atoms with Crippen LogP contribution in [0.3, 0.4) is 0 Å². The van der Waals surface area contributed by atoms with Gasteiger partial charge >= 0.3 is 0 Å². The molecule has 0 saturated heterocycles. The summed E-state index contributed by atoms with van der Waals surface area (Å²) in [4.78, 5) is 4.08. The van der Waals surface area contributed by atoms with Crippen LogP contribution in [0.1, 0.15) is 18.4 Å². The topological polar surface area (TPSA) is 24.9 Å². The van der Waals surface area contributed by atoms with E-state index in [0.29, 0.717) is 0 Å². The first-order valence-corrected chi connectivity index (χ1v) is 5.05. The Morgan fingerprint density at radius 1 is 1.46 bits per heavy atom. The quantitative estimate of drug-likeness (QED) is 0.690. The summed E-state index contributed by atoms with van der Waals surface area (Å²) in [6.45, 7) is 2.29. The number of aromatic nitrogens is 1. The van der Waals surface area contributed by atoms with Crippen molar-refractivity contribution in [2.24, 2.45) is 5.92 Å². The van der Waals surface area contributed by atoms with E-state index in [9.17, 15) is 0 Å². The predicted molar refractivity (Wildman–Crippen MR) is 53.5 cm³/mol. The van der Waals surface area contributed by atoms with Crippen molar-refractivity contribution in [3.8, 4) is 0 Å². The smallest absolute Gasteiger partial charge is 0.0300 e. The first-order chi connectivity index (χ1) is 6.45. The maximum absolute atomic E-state index is 4.08. The van der Waals surface area contributed by atoms with E-state index in [1.807, 2.05) is 18.5 Å². The highest BCUT2D eigenvalue weighted by atomic mass is 14.9. The Kier molecular flexibility index (Phi) is 2.93. The van der Waals surface area contributed by atoms with E-state index in [1.54, 1.807) is 0 Å². The number of nitrogens with zero attached hydrogens (tertiary/aromatic N) is 1. The fraction of sp³-hybridized carbons (Fsp3) is 0.545. The molecule has 0 aliphatic heterocycles. The van der Waals surface area contributed by atoms with Gasteiger partial charge in [-0.25, -0.2) is 0 Å². The van der Waals surface area contributed by atoms with Gasteiger partial charge in [0.15, 0.2) is 0 Å². The zero-order valence-corrected chi connectivity index (χ0v) is 7.87. The van der Waals surface area contributed by atoms with Crippen LogP contribution in [0.4, 0.5) is 0 Å². The second kappa shape index (κ2) is 4.38. The molecule has 1 aliphatic carbocycles. The number of hydrogen-bond donors (Lipinski definition) is 1. The van der Waals surface area contributed by atoms with Crippen molar-refractivity contribution in [3.63, 3.8) is 0 Å². The lowest BCUT2D eigenvalue weighted by molar-refractivity contribution is 0.637. The van der Waals surface area contributed by atoms with Crippen molar-refractivity contribution >= 4 is 0 Å². The van der Waals surface area contributed by atoms with Gasteiger partial charge < -0.3 is 5.32 Å². The van der Waals surface area contributed by atoms with Crippen molar-refractivity contribution in [3.05, 3.63) is 30.1 Å². The fourth-order valence-electron chi connectivity index (χ4n) is 1.41. The third-order valence-corrected chi connectivity index (χ3v) is 2.44. The molecular weight excluding hydrogens is 160 g/mol. The summed E-state index contributed by atoms with van der Waals surface area (Å²) in [6, 6.07) is 4.13. The first-order valence-electron chi connectivity index (χ1n) is 5.05. The molecule has 1 fully saturated rings. The van der Waals surface area contributed by atoms with Crippen molar-refractivity contribution in [2.45, 2.75) is 19.3 Å². The summed E-state index contributed by atoms with van der Waals surface area (Å²) >= 11 is 0. The van der Waals surface area contributed by atoms with Gasteiger partial charge in [0, 0.05) is 12.4 Å². The Morgan fingerprint density at radius 3 is 3.08 bits per heavy atom. The normalized spacial score (nSPS) is 16.0. The zero-order chi connectivity index (χ0) is 8.93. The van der Waals surface area contributed by atoms with Crippen molar-refractivity contribution in [1.82, 2.24) is 10.3 Å². The van der Waals surface area contributed by atoms with Gasteiger partial charge in [0.25, 0.3) is 0 Å². The van der Waals surface area contributed by atoms with E-state index in [1.165, 1.54) is 24.9 Å². The Morgan fingerprint density at radius 2 is 2.38 bits per heavy atom. The summed E-state index contributed by atoms with van der Waals surface area (Å²) in [7, 11) is 0. The van der Waals surface area contributed by atoms with Crippen LogP contribution in [-0.4, -0.2) is 18.1 Å². The van der Waals surface area contributed by atoms with Gasteiger partial charge in [0.2, 0.25) is 0 Å². The van der Waals surface area contributed by atoms with Gasteiger partial charge in [-0.15, -0.1) is 0 Å². The molecule has 1 saturated carbocycles. The molecule has 0 aromatic carbocycles. The van der Waals surface area contributed by atoms with Crippen LogP contribution in [0.25, 0.3) is 0 Å². The lowest BCUT2D eigenvalue weighted by Gasteiger charge is -2.02. The lowest BCUT2D eigenvalue weighted by atomic mass is 10.2. The third-order valence-electron chi connectivity index (χ3n) is 2.44. The molecule has 0 bridgehead atoms. The summed E-state index contributed by atoms with van der Waals surface area (Å²) in [5, 5.41) is 3.47. The summed E-state index contributed by atoms with van der Waals surface area (Å²) in [5.74, 6) is 0.980. The number of hydrogen-bond acceptors (Lipinski definition) is 2. The van der Waals surface area contributed by atoms with E-state index < -0.39 is 0 Å². The summed E-state index contributed by atoms with van der Waals surface area (Å²) in [5.41, 5.74) is 1.32. The Hall–Kier alpha value is -0.890. The van der Waals surface area contributed by atoms with E-state index in [4.69, 9.17) is 0 Å². The lowest BCUT2D eigenvalue weighted by Crippen LogP contribution is -2.19. The molecule has 1 aromatic rings. The number of pyridine rings is 1. The van der Waals surface area contributed by atoms with E-state index in [2.05, 4.69) is 16.4 Å². The molecule has 1 aromatic heterocycles. The maximum Gasteiger partial charge on any atom is 0.0300 e. The average Bonchev–Trinajstić information content (AvgIpc) is 2.98. The van der Waals surface area contributed by atoms with Crippen LogP contribution in [0.5, 0.6) is 0 Å². The van der Waals surface area contributed by atoms with E-state index >= 15 is 0 Å². The molecule has 0 spiro atoms. The second-order valence-electron chi connectivity index (χ2n) is 3.76. The highest BCUT2D eigenvalue weighted by Gasteiger charge is 2.19. The van der Waals surface area contributed by atoms with Crippen molar-refractivity contribution in [2.75, 3.05) is 13.1 Å². The van der Waals surface area contributed by atoms with Crippen LogP contribution in [-0.2, 0) is 6.42 Å². The average molecular weight is 176 g/mol. The van der Waals surface area contributed by atoms with E-state index in [0.717, 1.165) is 18.9 Å². The van der Waals surface area contributed by atoms with Gasteiger partial charge in [-0.2, -0.15) is 0 Å². The van der Waals surface area contributed by atoms with Crippen molar-refractivity contribution < 1.29 is 0 Å². The highest BCUT2D eigenvalue weighted by Crippen LogP contribution is 2.27. The molecule has 13 heavy (non-hydrogen) atoms. The van der Waals surface area contributed by atoms with Crippen LogP contribution in [0.15, 0.2) is 24.5 Å². The fourth-order valence-corrected chi connectivity index (χ4v) is 1.41. The standard InChI is InChI=1S/C11H16N2/c1-2-10(8-12-6-1)5-7-13-9-11-3-4-11/h1-2,6,8,11,13H,3-5,7,9H2. The minimum Gasteiger partial charge on any atom is -0.316 e. The minimum atomic E-state index is 0.980. The van der Waals surface area contributed by atoms with Crippen LogP contribution in [0.2, 0.25) is 0 Å². The van der Waals surface area contributed by atoms with Crippen LogP contribution in [0, 0.1) is 5.92 Å². The monoisotopic (exact) mass is 176 g/mol. The predicted octanol–water partition coefficient (Wildman–Crippen LogP) is 1.62. The summed E-state index contributed by atoms with van der Waals surface area (Å²) in [6.07, 6.45) is 7.72. The molecule has 1 N–H and O–H groups in total. The molecule has 1 aliphatic rings. The largest absolute Gasteiger partial charge is 0.316 e. The SMILES string of the molecule is c1cncc(CCNCC2CC2)c1. The molecule has 2 rings (SSSR count). The summed E-state index contributed by atoms with van der Waals surface area (Å²) < 4.78 is 0. The highest BCUT2D eigenvalue weighted by molar-refractivity contribution is 5.08. The second-order valence-corrected chi connectivity index (χ2v) is 3.76. The number of nitrogens with one attached hydrogen (secondary N) is 1. The molecule has 0 atom stereocenters. The van der Waals surface area contributed by atoms with Gasteiger partial charge in [0.1, 0.15) is 0 Å². The van der Waals surface area contributed by atoms with Crippen LogP contribution < -0.4 is 5.32 Å². The molecule has 1 heterocycles. The minimum absolute atomic E-state index is 0.980. The molecule has 2 nitrogen and oxygen atoms in total. The van der Waals surface area contributed by atoms with Gasteiger partial charge in [-0.3, -0.25) is 4.98 Å². The molecule has 0 amide bonds. The Bertz CT molecular complexity index is 242. The molecule has 0 unspecified atom stereocenters. The first kappa shape index (κ1) is 8.70. The molecule has 70 valence electrons. The third kappa shape index (κ3) is 3.15. The van der Waals surface area contributed by atoms with Gasteiger partial charge in [0.05, 0.1) is 0 Å². The van der Waals surface area contributed by atoms with Crippen LogP contribution >= 0.6 is 0 Å². The van der Waals surface area contributed by atoms with Gasteiger partial charge in [-0.1, -0.05) is 6.07 Å². The van der Waals surface area contributed by atoms with Crippen molar-refractivity contribution in [1.29, 1.82) is 0 Å². The molecular formula is C11H16N2. The zero-order valence-electron chi connectivity index (χ0n) is 7.87.